The molecule has 32 heavy (non-hydrogen) atoms. The van der Waals surface area contributed by atoms with Crippen molar-refractivity contribution < 1.29 is 14.3 Å². The molecule has 0 radical (unpaired) electrons. The number of aromatic nitrogens is 2. The Bertz CT molecular complexity index is 1250. The maximum absolute atomic E-state index is 12.3. The summed E-state index contributed by atoms with van der Waals surface area (Å²) in [5, 5.41) is 8.05. The predicted octanol–water partition coefficient (Wildman–Crippen LogP) is 4.28. The Hall–Kier alpha value is -3.36. The smallest absolute Gasteiger partial charge is 0.262 e. The van der Waals surface area contributed by atoms with Crippen LogP contribution in [-0.4, -0.2) is 34.5 Å². The van der Waals surface area contributed by atoms with Crippen LogP contribution in [0.3, 0.4) is 0 Å². The first kappa shape index (κ1) is 21.9. The average molecular weight is 469 g/mol. The van der Waals surface area contributed by atoms with Crippen LogP contribution in [0.1, 0.15) is 15.5 Å². The van der Waals surface area contributed by atoms with Gasteiger partial charge < -0.3 is 19.9 Å². The fourth-order valence-corrected chi connectivity index (χ4v) is 4.07. The van der Waals surface area contributed by atoms with Gasteiger partial charge >= 0.3 is 0 Å². The summed E-state index contributed by atoms with van der Waals surface area (Å²) in [6.07, 6.45) is 0.593. The first-order valence-corrected chi connectivity index (χ1v) is 11.2. The maximum Gasteiger partial charge on any atom is 0.262 e. The summed E-state index contributed by atoms with van der Waals surface area (Å²) in [5.74, 6) is 0.928. The minimum Gasteiger partial charge on any atom is -0.482 e. The van der Waals surface area contributed by atoms with Crippen molar-refractivity contribution >= 4 is 51.5 Å². The number of amides is 2. The Morgan fingerprint density at radius 2 is 2.00 bits per heavy atom. The topological polar surface area (TPSA) is 85.3 Å². The Morgan fingerprint density at radius 1 is 1.16 bits per heavy atom. The van der Waals surface area contributed by atoms with Crippen LogP contribution in [0.2, 0.25) is 5.02 Å². The highest BCUT2D eigenvalue weighted by molar-refractivity contribution is 7.12. The van der Waals surface area contributed by atoms with Crippen molar-refractivity contribution in [1.29, 1.82) is 0 Å². The van der Waals surface area contributed by atoms with E-state index in [1.807, 2.05) is 41.3 Å². The summed E-state index contributed by atoms with van der Waals surface area (Å²) in [4.78, 5) is 29.7. The fourth-order valence-electron chi connectivity index (χ4n) is 3.24. The van der Waals surface area contributed by atoms with E-state index in [2.05, 4.69) is 15.6 Å². The fraction of sp³-hybridized carbons (Fsp3) is 0.174. The van der Waals surface area contributed by atoms with Crippen LogP contribution < -0.4 is 15.4 Å². The molecule has 7 nitrogen and oxygen atoms in total. The van der Waals surface area contributed by atoms with Crippen LogP contribution in [0, 0.1) is 0 Å². The number of nitrogens with zero attached hydrogens (tertiary/aromatic N) is 2. The van der Waals surface area contributed by atoms with Gasteiger partial charge in [0, 0.05) is 25.7 Å². The molecule has 0 saturated heterocycles. The van der Waals surface area contributed by atoms with Gasteiger partial charge in [-0.3, -0.25) is 9.59 Å². The molecule has 4 aromatic rings. The normalized spacial score (nSPS) is 10.8. The van der Waals surface area contributed by atoms with E-state index in [-0.39, 0.29) is 18.4 Å². The zero-order valence-corrected chi connectivity index (χ0v) is 18.9. The number of benzene rings is 2. The van der Waals surface area contributed by atoms with Crippen molar-refractivity contribution in [3.05, 3.63) is 75.7 Å². The third-order valence-electron chi connectivity index (χ3n) is 4.83. The number of imidazole rings is 1. The molecule has 0 atom stereocenters. The first-order valence-electron chi connectivity index (χ1n) is 9.95. The van der Waals surface area contributed by atoms with Gasteiger partial charge in [-0.2, -0.15) is 0 Å². The van der Waals surface area contributed by atoms with Crippen LogP contribution in [0.4, 0.5) is 5.69 Å². The minimum absolute atomic E-state index is 0.0808. The second kappa shape index (κ2) is 9.84. The molecule has 0 unspecified atom stereocenters. The molecule has 164 valence electrons. The average Bonchev–Trinajstić information content (AvgIpc) is 3.42. The van der Waals surface area contributed by atoms with Gasteiger partial charge in [0.2, 0.25) is 0 Å². The molecule has 0 fully saturated rings. The van der Waals surface area contributed by atoms with Gasteiger partial charge in [0.15, 0.2) is 6.61 Å². The van der Waals surface area contributed by atoms with E-state index >= 15 is 0 Å². The van der Waals surface area contributed by atoms with E-state index in [4.69, 9.17) is 16.3 Å². The van der Waals surface area contributed by atoms with E-state index in [0.29, 0.717) is 34.3 Å². The van der Waals surface area contributed by atoms with Gasteiger partial charge in [0.1, 0.15) is 11.6 Å². The largest absolute Gasteiger partial charge is 0.482 e. The molecule has 0 aliphatic carbocycles. The van der Waals surface area contributed by atoms with Gasteiger partial charge in [0.25, 0.3) is 11.8 Å². The Morgan fingerprint density at radius 3 is 2.78 bits per heavy atom. The number of carbonyl (C=O) groups is 2. The molecule has 9 heteroatoms. The second-order valence-electron chi connectivity index (χ2n) is 7.04. The van der Waals surface area contributed by atoms with E-state index in [0.717, 1.165) is 16.9 Å². The zero-order valence-electron chi connectivity index (χ0n) is 17.3. The number of ether oxygens (including phenoxy) is 1. The molecular formula is C23H21ClN4O3S. The number of hydrogen-bond donors (Lipinski definition) is 2. The molecule has 0 aliphatic heterocycles. The van der Waals surface area contributed by atoms with Crippen LogP contribution in [-0.2, 0) is 18.3 Å². The molecular weight excluding hydrogens is 448 g/mol. The predicted molar refractivity (Wildman–Crippen MR) is 127 cm³/mol. The molecule has 2 heterocycles. The monoisotopic (exact) mass is 468 g/mol. The van der Waals surface area contributed by atoms with Crippen molar-refractivity contribution in [1.82, 2.24) is 14.9 Å². The molecule has 2 N–H and O–H groups in total. The van der Waals surface area contributed by atoms with Crippen molar-refractivity contribution in [2.45, 2.75) is 6.42 Å². The molecule has 0 aliphatic rings. The van der Waals surface area contributed by atoms with Crippen molar-refractivity contribution in [2.75, 3.05) is 18.5 Å². The summed E-state index contributed by atoms with van der Waals surface area (Å²) >= 11 is 7.45. The Balaban J connectivity index is 1.35. The quantitative estimate of drug-likeness (QED) is 0.404. The minimum atomic E-state index is -0.295. The molecule has 0 saturated carbocycles. The lowest BCUT2D eigenvalue weighted by molar-refractivity contribution is -0.118. The summed E-state index contributed by atoms with van der Waals surface area (Å²) in [7, 11) is 1.93. The third-order valence-corrected chi connectivity index (χ3v) is 6.01. The highest BCUT2D eigenvalue weighted by Crippen LogP contribution is 2.23. The zero-order chi connectivity index (χ0) is 22.5. The number of anilines is 1. The molecule has 2 aromatic heterocycles. The number of aryl methyl sites for hydroxylation is 1. The number of halogens is 1. The van der Waals surface area contributed by atoms with E-state index in [9.17, 15) is 9.59 Å². The van der Waals surface area contributed by atoms with Gasteiger partial charge in [-0.15, -0.1) is 11.3 Å². The standard InChI is InChI=1S/C23H21ClN4O3S/c1-28-18-9-8-15(26-22(29)14-31-19-6-3-2-5-16(19)24)13-17(18)27-21(28)10-11-25-23(30)20-7-4-12-32-20/h2-9,12-13H,10-11,14H2,1H3,(H,25,30)(H,26,29). The number of fused-ring (bicyclic) bond motifs is 1. The van der Waals surface area contributed by atoms with Crippen molar-refractivity contribution in [2.24, 2.45) is 7.05 Å². The highest BCUT2D eigenvalue weighted by atomic mass is 35.5. The molecule has 4 rings (SSSR count). The van der Waals surface area contributed by atoms with E-state index in [1.165, 1.54) is 11.3 Å². The van der Waals surface area contributed by atoms with Crippen LogP contribution >= 0.6 is 22.9 Å². The number of rotatable bonds is 8. The van der Waals surface area contributed by atoms with Crippen LogP contribution in [0.5, 0.6) is 5.75 Å². The van der Waals surface area contributed by atoms with E-state index in [1.54, 1.807) is 30.3 Å². The van der Waals surface area contributed by atoms with E-state index < -0.39 is 0 Å². The second-order valence-corrected chi connectivity index (χ2v) is 8.40. The van der Waals surface area contributed by atoms with Gasteiger partial charge in [-0.25, -0.2) is 4.98 Å². The molecule has 2 aromatic carbocycles. The number of para-hydroxylation sites is 1. The number of carbonyl (C=O) groups excluding carboxylic acids is 2. The summed E-state index contributed by atoms with van der Waals surface area (Å²) in [6.45, 7) is 0.329. The first-order chi connectivity index (χ1) is 15.5. The number of hydrogen-bond acceptors (Lipinski definition) is 5. The molecule has 2 amide bonds. The van der Waals surface area contributed by atoms with Crippen molar-refractivity contribution in [3.8, 4) is 5.75 Å². The van der Waals surface area contributed by atoms with Crippen LogP contribution in [0.15, 0.2) is 60.0 Å². The number of nitrogens with one attached hydrogen (secondary N) is 2. The summed E-state index contributed by atoms with van der Waals surface area (Å²) < 4.78 is 7.46. The summed E-state index contributed by atoms with van der Waals surface area (Å²) in [5.41, 5.74) is 2.33. The Labute approximate surface area is 194 Å². The Kier molecular flexibility index (Phi) is 6.72. The van der Waals surface area contributed by atoms with Crippen LogP contribution in [0.25, 0.3) is 11.0 Å². The number of thiophene rings is 1. The lowest BCUT2D eigenvalue weighted by Gasteiger charge is -2.08. The molecule has 0 bridgehead atoms. The SMILES string of the molecule is Cn1c(CCNC(=O)c2cccs2)nc2cc(NC(=O)COc3ccccc3Cl)ccc21. The highest BCUT2D eigenvalue weighted by Gasteiger charge is 2.12. The third kappa shape index (κ3) is 5.09. The lowest BCUT2D eigenvalue weighted by Crippen LogP contribution is -2.25. The van der Waals surface area contributed by atoms with Gasteiger partial charge in [-0.1, -0.05) is 29.8 Å². The molecule has 0 spiro atoms. The lowest BCUT2D eigenvalue weighted by atomic mass is 10.2. The van der Waals surface area contributed by atoms with Gasteiger partial charge in [-0.05, 0) is 41.8 Å². The maximum atomic E-state index is 12.3. The summed E-state index contributed by atoms with van der Waals surface area (Å²) in [6, 6.07) is 16.2. The van der Waals surface area contributed by atoms with Crippen molar-refractivity contribution in [3.63, 3.8) is 0 Å². The van der Waals surface area contributed by atoms with Gasteiger partial charge in [0.05, 0.1) is 20.9 Å².